The van der Waals surface area contributed by atoms with Gasteiger partial charge in [-0.1, -0.05) is 53.2 Å². The third kappa shape index (κ3) is 4.37. The van der Waals surface area contributed by atoms with E-state index in [-0.39, 0.29) is 40.1 Å². The number of carbonyl (C=O) groups is 2. The molecule has 2 aromatic carbocycles. The van der Waals surface area contributed by atoms with Gasteiger partial charge in [-0.3, -0.25) is 9.59 Å². The predicted molar refractivity (Wildman–Crippen MR) is 102 cm³/mol. The van der Waals surface area contributed by atoms with Crippen molar-refractivity contribution in [3.63, 3.8) is 0 Å². The maximum Gasteiger partial charge on any atom is 0.257 e. The fourth-order valence-corrected chi connectivity index (χ4v) is 2.89. The molecule has 28 heavy (non-hydrogen) atoms. The van der Waals surface area contributed by atoms with Crippen molar-refractivity contribution < 1.29 is 18.5 Å². The van der Waals surface area contributed by atoms with Crippen molar-refractivity contribution in [3.8, 4) is 11.3 Å². The molecule has 0 radical (unpaired) electrons. The Labute approximate surface area is 165 Å². The van der Waals surface area contributed by atoms with Crippen molar-refractivity contribution in [3.05, 3.63) is 76.3 Å². The lowest BCUT2D eigenvalue weighted by Crippen LogP contribution is -2.36. The maximum atomic E-state index is 14.2. The molecule has 6 nitrogen and oxygen atoms in total. The van der Waals surface area contributed by atoms with Crippen LogP contribution in [-0.2, 0) is 11.3 Å². The zero-order valence-corrected chi connectivity index (χ0v) is 15.7. The van der Waals surface area contributed by atoms with Crippen molar-refractivity contribution in [2.75, 3.05) is 6.54 Å². The van der Waals surface area contributed by atoms with E-state index in [1.165, 1.54) is 25.1 Å². The molecule has 0 saturated heterocycles. The summed E-state index contributed by atoms with van der Waals surface area (Å²) in [6.07, 6.45) is 0. The van der Waals surface area contributed by atoms with Crippen LogP contribution in [0.25, 0.3) is 11.3 Å². The summed E-state index contributed by atoms with van der Waals surface area (Å²) in [5.74, 6) is -1.41. The van der Waals surface area contributed by atoms with Crippen molar-refractivity contribution >= 4 is 23.4 Å². The number of aromatic nitrogens is 1. The maximum absolute atomic E-state index is 14.2. The normalized spacial score (nSPS) is 10.5. The van der Waals surface area contributed by atoms with Crippen molar-refractivity contribution in [2.45, 2.75) is 13.5 Å². The Morgan fingerprint density at radius 1 is 1.11 bits per heavy atom. The minimum atomic E-state index is -0.629. The van der Waals surface area contributed by atoms with Gasteiger partial charge in [-0.25, -0.2) is 4.39 Å². The second-order valence-corrected chi connectivity index (χ2v) is 6.41. The van der Waals surface area contributed by atoms with Gasteiger partial charge in [-0.05, 0) is 24.6 Å². The minimum absolute atomic E-state index is 0.0113. The number of halogens is 2. The van der Waals surface area contributed by atoms with Crippen LogP contribution in [0.3, 0.4) is 0 Å². The number of rotatable bonds is 6. The van der Waals surface area contributed by atoms with E-state index in [0.29, 0.717) is 6.54 Å². The molecule has 8 heteroatoms. The Kier molecular flexibility index (Phi) is 6.06. The molecule has 0 fully saturated rings. The van der Waals surface area contributed by atoms with Gasteiger partial charge in [0.15, 0.2) is 0 Å². The van der Waals surface area contributed by atoms with Gasteiger partial charge < -0.3 is 15.2 Å². The third-order valence-electron chi connectivity index (χ3n) is 4.03. The smallest absolute Gasteiger partial charge is 0.257 e. The van der Waals surface area contributed by atoms with Gasteiger partial charge in [0, 0.05) is 6.54 Å². The lowest BCUT2D eigenvalue weighted by Gasteiger charge is -2.08. The quantitative estimate of drug-likeness (QED) is 0.662. The van der Waals surface area contributed by atoms with Crippen LogP contribution in [0.4, 0.5) is 4.39 Å². The summed E-state index contributed by atoms with van der Waals surface area (Å²) in [5.41, 5.74) is 0.930. The van der Waals surface area contributed by atoms with Gasteiger partial charge >= 0.3 is 0 Å². The van der Waals surface area contributed by atoms with Crippen LogP contribution in [0.1, 0.15) is 21.7 Å². The number of hydrogen-bond acceptors (Lipinski definition) is 4. The largest absolute Gasteiger partial charge is 0.360 e. The molecule has 3 aromatic rings. The van der Waals surface area contributed by atoms with E-state index in [1.807, 2.05) is 30.3 Å². The van der Waals surface area contributed by atoms with E-state index >= 15 is 0 Å². The Morgan fingerprint density at radius 2 is 1.86 bits per heavy atom. The highest BCUT2D eigenvalue weighted by Gasteiger charge is 2.25. The summed E-state index contributed by atoms with van der Waals surface area (Å²) in [6, 6.07) is 13.5. The molecule has 0 spiro atoms. The first kappa shape index (κ1) is 19.6. The third-order valence-corrected chi connectivity index (χ3v) is 4.35. The molecule has 0 aliphatic carbocycles. The van der Waals surface area contributed by atoms with Crippen LogP contribution >= 0.6 is 11.6 Å². The van der Waals surface area contributed by atoms with Gasteiger partial charge in [-0.2, -0.15) is 0 Å². The first-order valence-electron chi connectivity index (χ1n) is 8.47. The zero-order chi connectivity index (χ0) is 20.1. The van der Waals surface area contributed by atoms with Crippen LogP contribution < -0.4 is 10.6 Å². The highest BCUT2D eigenvalue weighted by atomic mass is 35.5. The van der Waals surface area contributed by atoms with E-state index in [0.717, 1.165) is 5.56 Å². The molecule has 0 aliphatic rings. The average molecular weight is 402 g/mol. The van der Waals surface area contributed by atoms with Gasteiger partial charge in [0.2, 0.25) is 5.91 Å². The fourth-order valence-electron chi connectivity index (χ4n) is 2.64. The first-order valence-corrected chi connectivity index (χ1v) is 8.84. The monoisotopic (exact) mass is 401 g/mol. The summed E-state index contributed by atoms with van der Waals surface area (Å²) < 4.78 is 19.3. The van der Waals surface area contributed by atoms with Crippen LogP contribution in [-0.4, -0.2) is 23.5 Å². The van der Waals surface area contributed by atoms with Crippen molar-refractivity contribution in [2.24, 2.45) is 0 Å². The van der Waals surface area contributed by atoms with Crippen molar-refractivity contribution in [1.82, 2.24) is 15.8 Å². The second kappa shape index (κ2) is 8.67. The Morgan fingerprint density at radius 3 is 2.57 bits per heavy atom. The van der Waals surface area contributed by atoms with Gasteiger partial charge in [-0.15, -0.1) is 0 Å². The molecule has 0 aliphatic heterocycles. The van der Waals surface area contributed by atoms with Crippen molar-refractivity contribution in [1.29, 1.82) is 0 Å². The summed E-state index contributed by atoms with van der Waals surface area (Å²) in [6.45, 7) is 1.62. The molecule has 0 bridgehead atoms. The molecule has 144 valence electrons. The number of nitrogens with one attached hydrogen (secondary N) is 2. The van der Waals surface area contributed by atoms with E-state index in [9.17, 15) is 14.0 Å². The van der Waals surface area contributed by atoms with E-state index in [1.54, 1.807) is 0 Å². The first-order chi connectivity index (χ1) is 13.5. The topological polar surface area (TPSA) is 84.2 Å². The molecule has 2 amide bonds. The molecule has 0 saturated carbocycles. The van der Waals surface area contributed by atoms with E-state index in [4.69, 9.17) is 16.1 Å². The lowest BCUT2D eigenvalue weighted by molar-refractivity contribution is -0.120. The van der Waals surface area contributed by atoms with Crippen LogP contribution in [0, 0.1) is 12.7 Å². The SMILES string of the molecule is Cc1onc(-c2c(F)cccc2Cl)c1C(=O)NCC(=O)NCc1ccccc1. The average Bonchev–Trinajstić information content (AvgIpc) is 3.06. The van der Waals surface area contributed by atoms with E-state index in [2.05, 4.69) is 15.8 Å². The molecule has 0 atom stereocenters. The summed E-state index contributed by atoms with van der Waals surface area (Å²) in [4.78, 5) is 24.6. The number of nitrogens with zero attached hydrogens (tertiary/aromatic N) is 1. The van der Waals surface area contributed by atoms with Crippen LogP contribution in [0.5, 0.6) is 0 Å². The highest BCUT2D eigenvalue weighted by Crippen LogP contribution is 2.33. The molecule has 3 rings (SSSR count). The van der Waals surface area contributed by atoms with Crippen LogP contribution in [0.15, 0.2) is 53.1 Å². The highest BCUT2D eigenvalue weighted by molar-refractivity contribution is 6.33. The number of amides is 2. The predicted octanol–water partition coefficient (Wildman–Crippen LogP) is 3.49. The lowest BCUT2D eigenvalue weighted by atomic mass is 10.0. The van der Waals surface area contributed by atoms with Gasteiger partial charge in [0.25, 0.3) is 5.91 Å². The molecule has 1 aromatic heterocycles. The summed E-state index contributed by atoms with van der Waals surface area (Å²) in [7, 11) is 0. The molecular formula is C20H17ClFN3O3. The fraction of sp³-hybridized carbons (Fsp3) is 0.150. The Hall–Kier alpha value is -3.19. The van der Waals surface area contributed by atoms with Crippen LogP contribution in [0.2, 0.25) is 5.02 Å². The number of carbonyl (C=O) groups excluding carboxylic acids is 2. The standard InChI is InChI=1S/C20H17ClFN3O3/c1-12-17(19(25-28-12)18-14(21)8-5-9-15(18)22)20(27)24-11-16(26)23-10-13-6-3-2-4-7-13/h2-9H,10-11H2,1H3,(H,23,26)(H,24,27). The zero-order valence-electron chi connectivity index (χ0n) is 15.0. The molecular weight excluding hydrogens is 385 g/mol. The molecule has 0 unspecified atom stereocenters. The Bertz CT molecular complexity index is 985. The van der Waals surface area contributed by atoms with Gasteiger partial charge in [0.1, 0.15) is 22.8 Å². The second-order valence-electron chi connectivity index (χ2n) is 6.00. The van der Waals surface area contributed by atoms with Gasteiger partial charge in [0.05, 0.1) is 17.1 Å². The number of aryl methyl sites for hydroxylation is 1. The summed E-state index contributed by atoms with van der Waals surface area (Å²) >= 11 is 6.06. The number of hydrogen-bond donors (Lipinski definition) is 2. The van der Waals surface area contributed by atoms with E-state index < -0.39 is 11.7 Å². The Balaban J connectivity index is 1.68. The summed E-state index contributed by atoms with van der Waals surface area (Å²) in [5, 5.41) is 9.07. The minimum Gasteiger partial charge on any atom is -0.360 e. The number of benzene rings is 2. The molecule has 2 N–H and O–H groups in total. The molecule has 1 heterocycles.